The van der Waals surface area contributed by atoms with Crippen LogP contribution in [0.25, 0.3) is 10.9 Å². The van der Waals surface area contributed by atoms with Crippen molar-refractivity contribution in [2.24, 2.45) is 23.2 Å². The van der Waals surface area contributed by atoms with E-state index in [9.17, 15) is 9.18 Å². The van der Waals surface area contributed by atoms with E-state index in [4.69, 9.17) is 0 Å². The first-order valence-corrected chi connectivity index (χ1v) is 10.9. The molecule has 27 heavy (non-hydrogen) atoms. The van der Waals surface area contributed by atoms with Crippen molar-refractivity contribution in [1.82, 2.24) is 4.57 Å². The van der Waals surface area contributed by atoms with E-state index in [1.807, 2.05) is 6.07 Å². The van der Waals surface area contributed by atoms with Gasteiger partial charge in [-0.25, -0.2) is 0 Å². The molecule has 3 heteroatoms. The highest BCUT2D eigenvalue weighted by Gasteiger charge is 2.54. The number of halogens is 1. The lowest BCUT2D eigenvalue weighted by atomic mass is 9.48. The van der Waals surface area contributed by atoms with E-state index in [2.05, 4.69) is 29.0 Å². The van der Waals surface area contributed by atoms with Crippen LogP contribution in [0.2, 0.25) is 0 Å². The number of Topliss-reactive ketones (excluding diaryl/α,β-unsaturated/α-hetero) is 1. The number of carbonyl (C=O) groups excluding carboxylic acids is 1. The summed E-state index contributed by atoms with van der Waals surface area (Å²) in [5.74, 6) is 2.78. The predicted molar refractivity (Wildman–Crippen MR) is 107 cm³/mol. The van der Waals surface area contributed by atoms with Crippen LogP contribution in [0.15, 0.2) is 30.5 Å². The van der Waals surface area contributed by atoms with Gasteiger partial charge >= 0.3 is 0 Å². The largest absolute Gasteiger partial charge is 0.347 e. The molecular formula is C24H30FNO. The second-order valence-electron chi connectivity index (χ2n) is 9.53. The lowest BCUT2D eigenvalue weighted by Crippen LogP contribution is -2.50. The number of unbranched alkanes of at least 4 members (excludes halogenated alkanes) is 2. The molecule has 6 rings (SSSR count). The second-order valence-corrected chi connectivity index (χ2v) is 9.53. The van der Waals surface area contributed by atoms with Gasteiger partial charge in [0.1, 0.15) is 0 Å². The van der Waals surface area contributed by atoms with Crippen molar-refractivity contribution >= 4 is 16.7 Å². The minimum absolute atomic E-state index is 0.0854. The van der Waals surface area contributed by atoms with Gasteiger partial charge in [0.25, 0.3) is 0 Å². The van der Waals surface area contributed by atoms with Crippen LogP contribution in [0.4, 0.5) is 4.39 Å². The molecular weight excluding hydrogens is 337 g/mol. The molecule has 4 aliphatic rings. The number of aromatic nitrogens is 1. The number of carbonyl (C=O) groups is 1. The van der Waals surface area contributed by atoms with Crippen LogP contribution in [-0.4, -0.2) is 17.0 Å². The number of hydrogen-bond donors (Lipinski definition) is 0. The Morgan fingerprint density at radius 3 is 2.33 bits per heavy atom. The van der Waals surface area contributed by atoms with Crippen LogP contribution in [0.3, 0.4) is 0 Å². The Morgan fingerprint density at radius 1 is 1.00 bits per heavy atom. The molecule has 0 unspecified atom stereocenters. The Balaban J connectivity index is 1.47. The number of benzene rings is 1. The topological polar surface area (TPSA) is 22.0 Å². The average Bonchev–Trinajstić information content (AvgIpc) is 3.02. The molecule has 1 heterocycles. The van der Waals surface area contributed by atoms with Gasteiger partial charge in [0.2, 0.25) is 0 Å². The summed E-state index contributed by atoms with van der Waals surface area (Å²) in [6, 6.07) is 8.34. The molecule has 0 N–H and O–H groups in total. The van der Waals surface area contributed by atoms with Gasteiger partial charge in [-0.3, -0.25) is 9.18 Å². The zero-order valence-electron chi connectivity index (χ0n) is 16.1. The molecule has 2 nitrogen and oxygen atoms in total. The number of alkyl halides is 1. The maximum absolute atomic E-state index is 13.8. The average molecular weight is 368 g/mol. The van der Waals surface area contributed by atoms with Gasteiger partial charge in [-0.1, -0.05) is 18.2 Å². The molecule has 144 valence electrons. The minimum Gasteiger partial charge on any atom is -0.347 e. The van der Waals surface area contributed by atoms with E-state index in [1.165, 1.54) is 19.3 Å². The summed E-state index contributed by atoms with van der Waals surface area (Å²) in [7, 11) is 0. The van der Waals surface area contributed by atoms with Crippen LogP contribution in [0.1, 0.15) is 68.1 Å². The van der Waals surface area contributed by atoms with Crippen LogP contribution in [0.5, 0.6) is 0 Å². The third-order valence-corrected chi connectivity index (χ3v) is 7.59. The third kappa shape index (κ3) is 2.94. The molecule has 1 aromatic heterocycles. The molecule has 4 saturated carbocycles. The fourth-order valence-corrected chi connectivity index (χ4v) is 6.84. The zero-order chi connectivity index (χ0) is 18.4. The highest BCUT2D eigenvalue weighted by Crippen LogP contribution is 2.61. The molecule has 4 aliphatic carbocycles. The molecule has 4 bridgehead atoms. The Bertz CT molecular complexity index is 816. The van der Waals surface area contributed by atoms with Crippen molar-refractivity contribution in [3.8, 4) is 0 Å². The number of rotatable bonds is 7. The highest BCUT2D eigenvalue weighted by molar-refractivity contribution is 6.11. The van der Waals surface area contributed by atoms with Crippen LogP contribution < -0.4 is 0 Å². The molecule has 1 aromatic carbocycles. The molecule has 0 radical (unpaired) electrons. The van der Waals surface area contributed by atoms with Crippen molar-refractivity contribution in [3.63, 3.8) is 0 Å². The first-order chi connectivity index (χ1) is 13.2. The Hall–Kier alpha value is -1.64. The number of fused-ring (bicyclic) bond motifs is 1. The lowest BCUT2D eigenvalue weighted by Gasteiger charge is -2.55. The van der Waals surface area contributed by atoms with Gasteiger partial charge in [-0.15, -0.1) is 0 Å². The smallest absolute Gasteiger partial charge is 0.171 e. The van der Waals surface area contributed by atoms with E-state index in [-0.39, 0.29) is 12.1 Å². The number of aryl methyl sites for hydroxylation is 1. The van der Waals surface area contributed by atoms with Gasteiger partial charge in [0, 0.05) is 34.6 Å². The summed E-state index contributed by atoms with van der Waals surface area (Å²) in [4.78, 5) is 13.8. The fourth-order valence-electron chi connectivity index (χ4n) is 6.84. The van der Waals surface area contributed by atoms with E-state index >= 15 is 0 Å². The van der Waals surface area contributed by atoms with Gasteiger partial charge in [0.15, 0.2) is 5.78 Å². The summed E-state index contributed by atoms with van der Waals surface area (Å²) < 4.78 is 14.6. The normalized spacial score (nSPS) is 31.7. The molecule has 0 amide bonds. The maximum atomic E-state index is 13.8. The Morgan fingerprint density at radius 2 is 1.67 bits per heavy atom. The van der Waals surface area contributed by atoms with Gasteiger partial charge in [-0.2, -0.15) is 0 Å². The number of para-hydroxylation sites is 1. The van der Waals surface area contributed by atoms with Crippen molar-refractivity contribution in [1.29, 1.82) is 0 Å². The number of hydrogen-bond acceptors (Lipinski definition) is 1. The van der Waals surface area contributed by atoms with Gasteiger partial charge in [0.05, 0.1) is 6.67 Å². The van der Waals surface area contributed by atoms with Crippen molar-refractivity contribution in [2.45, 2.75) is 64.3 Å². The second kappa shape index (κ2) is 6.76. The molecule has 0 aliphatic heterocycles. The first-order valence-electron chi connectivity index (χ1n) is 10.9. The SMILES string of the molecule is O=C(c1cn(CCCCCF)c2ccccc12)C12CC3CC(CC(C3)C1)C2. The Labute approximate surface area is 161 Å². The lowest BCUT2D eigenvalue weighted by molar-refractivity contribution is -0.0352. The molecule has 0 atom stereocenters. The number of nitrogens with zero attached hydrogens (tertiary/aromatic N) is 1. The first kappa shape index (κ1) is 17.5. The van der Waals surface area contributed by atoms with Gasteiger partial charge in [-0.05, 0) is 81.6 Å². The summed E-state index contributed by atoms with van der Waals surface area (Å²) in [5, 5.41) is 1.11. The highest BCUT2D eigenvalue weighted by atomic mass is 19.1. The van der Waals surface area contributed by atoms with Gasteiger partial charge < -0.3 is 4.57 Å². The van der Waals surface area contributed by atoms with E-state index < -0.39 is 0 Å². The summed E-state index contributed by atoms with van der Waals surface area (Å²) in [5.41, 5.74) is 2.02. The third-order valence-electron chi connectivity index (χ3n) is 7.59. The minimum atomic E-state index is -0.234. The summed E-state index contributed by atoms with van der Waals surface area (Å²) >= 11 is 0. The van der Waals surface area contributed by atoms with E-state index in [0.717, 1.165) is 72.9 Å². The molecule has 2 aromatic rings. The fraction of sp³-hybridized carbons (Fsp3) is 0.625. The molecule has 4 fully saturated rings. The van der Waals surface area contributed by atoms with E-state index in [1.54, 1.807) is 0 Å². The van der Waals surface area contributed by atoms with Crippen molar-refractivity contribution < 1.29 is 9.18 Å². The maximum Gasteiger partial charge on any atom is 0.171 e. The van der Waals surface area contributed by atoms with E-state index in [0.29, 0.717) is 12.2 Å². The quantitative estimate of drug-likeness (QED) is 0.423. The molecule has 0 spiro atoms. The summed E-state index contributed by atoms with van der Waals surface area (Å²) in [6.45, 7) is 0.636. The zero-order valence-corrected chi connectivity index (χ0v) is 16.1. The summed E-state index contributed by atoms with van der Waals surface area (Å²) in [6.07, 6.45) is 12.1. The predicted octanol–water partition coefficient (Wildman–Crippen LogP) is 6.18. The van der Waals surface area contributed by atoms with Crippen LogP contribution in [-0.2, 0) is 6.54 Å². The standard InChI is InChI=1S/C24H30FNO/c25-8-4-1-5-9-26-16-21(20-6-2-3-7-22(20)26)23(27)24-13-17-10-18(14-24)12-19(11-17)15-24/h2-3,6-7,16-19H,1,4-5,8-15H2. The van der Waals surface area contributed by atoms with Crippen molar-refractivity contribution in [3.05, 3.63) is 36.0 Å². The number of ketones is 1. The monoisotopic (exact) mass is 367 g/mol. The Kier molecular flexibility index (Phi) is 4.37. The molecule has 0 saturated heterocycles. The van der Waals surface area contributed by atoms with Crippen LogP contribution >= 0.6 is 0 Å². The van der Waals surface area contributed by atoms with Crippen molar-refractivity contribution in [2.75, 3.05) is 6.67 Å². The van der Waals surface area contributed by atoms with Crippen LogP contribution in [0, 0.1) is 23.2 Å².